The number of hydrogen-bond acceptors (Lipinski definition) is 3. The van der Waals surface area contributed by atoms with Crippen molar-refractivity contribution in [2.24, 2.45) is 0 Å². The topological polar surface area (TPSA) is 73.4 Å². The Morgan fingerprint density at radius 3 is 2.68 bits per heavy atom. The Morgan fingerprint density at radius 2 is 2.09 bits per heavy atom. The maximum absolute atomic E-state index is 12.0. The molecule has 0 spiro atoms. The highest BCUT2D eigenvalue weighted by atomic mass is 16.3. The first-order chi connectivity index (χ1) is 10.4. The lowest BCUT2D eigenvalue weighted by Crippen LogP contribution is -2.52. The summed E-state index contributed by atoms with van der Waals surface area (Å²) in [6.45, 7) is 8.43. The second-order valence-corrected chi connectivity index (χ2v) is 6.28. The first kappa shape index (κ1) is 18.3. The van der Waals surface area contributed by atoms with Gasteiger partial charge in [0.25, 0.3) is 0 Å². The van der Waals surface area contributed by atoms with Gasteiger partial charge in [0.15, 0.2) is 0 Å². The van der Waals surface area contributed by atoms with E-state index in [9.17, 15) is 9.90 Å². The third-order valence-electron chi connectivity index (χ3n) is 3.40. The van der Waals surface area contributed by atoms with Crippen LogP contribution in [-0.4, -0.2) is 29.3 Å². The second kappa shape index (κ2) is 8.63. The lowest BCUT2D eigenvalue weighted by molar-refractivity contribution is 0.163. The summed E-state index contributed by atoms with van der Waals surface area (Å²) < 4.78 is 0. The van der Waals surface area contributed by atoms with Gasteiger partial charge in [-0.15, -0.1) is 0 Å². The maximum atomic E-state index is 12.0. The molecule has 1 unspecified atom stereocenters. The van der Waals surface area contributed by atoms with E-state index in [0.717, 1.165) is 24.1 Å². The minimum absolute atomic E-state index is 0.0674. The van der Waals surface area contributed by atoms with Crippen LogP contribution in [0.1, 0.15) is 46.1 Å². The lowest BCUT2D eigenvalue weighted by atomic mass is 9.98. The molecule has 0 aliphatic rings. The molecule has 4 N–H and O–H groups in total. The Morgan fingerprint density at radius 1 is 1.36 bits per heavy atom. The first-order valence-corrected chi connectivity index (χ1v) is 7.91. The average Bonchev–Trinajstić information content (AvgIpc) is 2.45. The zero-order valence-electron chi connectivity index (χ0n) is 14.1. The third kappa shape index (κ3) is 6.35. The molecule has 22 heavy (non-hydrogen) atoms. The molecule has 0 saturated carbocycles. The van der Waals surface area contributed by atoms with Gasteiger partial charge in [-0.25, -0.2) is 4.79 Å². The van der Waals surface area contributed by atoms with Crippen molar-refractivity contribution in [3.05, 3.63) is 29.8 Å². The van der Waals surface area contributed by atoms with Gasteiger partial charge in [-0.1, -0.05) is 25.5 Å². The molecule has 0 bridgehead atoms. The van der Waals surface area contributed by atoms with Crippen molar-refractivity contribution in [2.45, 2.75) is 58.7 Å². The van der Waals surface area contributed by atoms with Crippen LogP contribution in [0, 0.1) is 0 Å². The van der Waals surface area contributed by atoms with Crippen molar-refractivity contribution in [1.29, 1.82) is 0 Å². The summed E-state index contributed by atoms with van der Waals surface area (Å²) in [5.41, 5.74) is 1.50. The van der Waals surface area contributed by atoms with E-state index in [0.29, 0.717) is 12.6 Å². The standard InChI is InChI=1S/C17H29N3O2/c1-5-9-17(4,12-21)20-16(22)18-11-14-7-6-8-15(10-14)19-13(2)3/h6-8,10,13,19,21H,5,9,11-12H2,1-4H3,(H2,18,20,22). The van der Waals surface area contributed by atoms with Crippen LogP contribution >= 0.6 is 0 Å². The van der Waals surface area contributed by atoms with Gasteiger partial charge in [0, 0.05) is 18.3 Å². The van der Waals surface area contributed by atoms with Gasteiger partial charge in [0.2, 0.25) is 0 Å². The molecule has 0 fully saturated rings. The monoisotopic (exact) mass is 307 g/mol. The number of hydrogen-bond donors (Lipinski definition) is 4. The van der Waals surface area contributed by atoms with E-state index >= 15 is 0 Å². The molecular formula is C17H29N3O2. The largest absolute Gasteiger partial charge is 0.394 e. The van der Waals surface area contributed by atoms with E-state index in [-0.39, 0.29) is 12.6 Å². The number of rotatable bonds is 8. The number of urea groups is 1. The molecule has 5 nitrogen and oxygen atoms in total. The number of benzene rings is 1. The van der Waals surface area contributed by atoms with Crippen LogP contribution in [0.15, 0.2) is 24.3 Å². The molecule has 0 heterocycles. The molecule has 0 aliphatic carbocycles. The zero-order valence-corrected chi connectivity index (χ0v) is 14.1. The van der Waals surface area contributed by atoms with Crippen LogP contribution in [0.25, 0.3) is 0 Å². The minimum atomic E-state index is -0.570. The van der Waals surface area contributed by atoms with Gasteiger partial charge < -0.3 is 21.1 Å². The number of aliphatic hydroxyl groups excluding tert-OH is 1. The summed E-state index contributed by atoms with van der Waals surface area (Å²) in [6, 6.07) is 8.08. The summed E-state index contributed by atoms with van der Waals surface area (Å²) in [5.74, 6) is 0. The number of carbonyl (C=O) groups is 1. The minimum Gasteiger partial charge on any atom is -0.394 e. The third-order valence-corrected chi connectivity index (χ3v) is 3.40. The molecule has 1 aromatic rings. The Balaban J connectivity index is 2.53. The van der Waals surface area contributed by atoms with Crippen molar-refractivity contribution >= 4 is 11.7 Å². The summed E-state index contributed by atoms with van der Waals surface area (Å²) in [6.07, 6.45) is 1.64. The molecule has 1 rings (SSSR count). The SMILES string of the molecule is CCCC(C)(CO)NC(=O)NCc1cccc(NC(C)C)c1. The fourth-order valence-corrected chi connectivity index (χ4v) is 2.34. The summed E-state index contributed by atoms with van der Waals surface area (Å²) >= 11 is 0. The van der Waals surface area contributed by atoms with Crippen molar-refractivity contribution in [2.75, 3.05) is 11.9 Å². The van der Waals surface area contributed by atoms with E-state index in [2.05, 4.69) is 29.8 Å². The molecule has 124 valence electrons. The van der Waals surface area contributed by atoms with Gasteiger partial charge in [0.1, 0.15) is 0 Å². The Labute approximate surface area is 133 Å². The van der Waals surface area contributed by atoms with Gasteiger partial charge in [-0.05, 0) is 44.9 Å². The van der Waals surface area contributed by atoms with Crippen LogP contribution in [0.3, 0.4) is 0 Å². The lowest BCUT2D eigenvalue weighted by Gasteiger charge is -2.28. The number of amides is 2. The van der Waals surface area contributed by atoms with Crippen LogP contribution in [-0.2, 0) is 6.54 Å². The Bertz CT molecular complexity index is 477. The molecule has 5 heteroatoms. The summed E-state index contributed by atoms with van der Waals surface area (Å²) in [5, 5.41) is 18.4. The Kier molecular flexibility index (Phi) is 7.18. The van der Waals surface area contributed by atoms with Crippen LogP contribution in [0.4, 0.5) is 10.5 Å². The van der Waals surface area contributed by atoms with Gasteiger partial charge in [0.05, 0.1) is 12.1 Å². The molecule has 0 aromatic heterocycles. The number of anilines is 1. The van der Waals surface area contributed by atoms with Crippen LogP contribution < -0.4 is 16.0 Å². The van der Waals surface area contributed by atoms with Crippen LogP contribution in [0.2, 0.25) is 0 Å². The zero-order chi connectivity index (χ0) is 16.6. The highest BCUT2D eigenvalue weighted by Crippen LogP contribution is 2.13. The number of aliphatic hydroxyl groups is 1. The normalized spacial score (nSPS) is 13.5. The first-order valence-electron chi connectivity index (χ1n) is 7.91. The maximum Gasteiger partial charge on any atom is 0.315 e. The molecule has 0 radical (unpaired) electrons. The molecular weight excluding hydrogens is 278 g/mol. The predicted molar refractivity (Wildman–Crippen MR) is 91.0 cm³/mol. The van der Waals surface area contributed by atoms with Crippen molar-refractivity contribution in [3.8, 4) is 0 Å². The predicted octanol–water partition coefficient (Wildman–Crippen LogP) is 2.86. The second-order valence-electron chi connectivity index (χ2n) is 6.28. The van der Waals surface area contributed by atoms with Crippen molar-refractivity contribution < 1.29 is 9.90 Å². The van der Waals surface area contributed by atoms with E-state index < -0.39 is 5.54 Å². The fraction of sp³-hybridized carbons (Fsp3) is 0.588. The van der Waals surface area contributed by atoms with Crippen molar-refractivity contribution in [1.82, 2.24) is 10.6 Å². The van der Waals surface area contributed by atoms with E-state index in [4.69, 9.17) is 0 Å². The van der Waals surface area contributed by atoms with E-state index in [1.54, 1.807) is 0 Å². The highest BCUT2D eigenvalue weighted by Gasteiger charge is 2.24. The quantitative estimate of drug-likeness (QED) is 0.597. The van der Waals surface area contributed by atoms with Crippen molar-refractivity contribution in [3.63, 3.8) is 0 Å². The van der Waals surface area contributed by atoms with Crippen LogP contribution in [0.5, 0.6) is 0 Å². The summed E-state index contributed by atoms with van der Waals surface area (Å²) in [4.78, 5) is 12.0. The van der Waals surface area contributed by atoms with E-state index in [1.807, 2.05) is 38.1 Å². The molecule has 2 amide bonds. The Hall–Kier alpha value is -1.75. The van der Waals surface area contributed by atoms with Gasteiger partial charge in [-0.3, -0.25) is 0 Å². The van der Waals surface area contributed by atoms with Gasteiger partial charge in [-0.2, -0.15) is 0 Å². The molecule has 1 atom stereocenters. The average molecular weight is 307 g/mol. The fourth-order valence-electron chi connectivity index (χ4n) is 2.34. The number of carbonyl (C=O) groups excluding carboxylic acids is 1. The van der Waals surface area contributed by atoms with E-state index in [1.165, 1.54) is 0 Å². The molecule has 0 saturated heterocycles. The number of nitrogens with one attached hydrogen (secondary N) is 3. The molecule has 0 aliphatic heterocycles. The highest BCUT2D eigenvalue weighted by molar-refractivity contribution is 5.74. The van der Waals surface area contributed by atoms with Gasteiger partial charge >= 0.3 is 6.03 Å². The summed E-state index contributed by atoms with van der Waals surface area (Å²) in [7, 11) is 0. The smallest absolute Gasteiger partial charge is 0.315 e. The molecule has 1 aromatic carbocycles.